The Kier molecular flexibility index (Phi) is 4.72. The fraction of sp³-hybridized carbons (Fsp3) is 0.200. The van der Waals surface area contributed by atoms with Crippen LogP contribution in [0, 0.1) is 0 Å². The van der Waals surface area contributed by atoms with Gasteiger partial charge in [-0.3, -0.25) is 10.1 Å². The van der Waals surface area contributed by atoms with Crippen molar-refractivity contribution in [2.75, 3.05) is 5.32 Å². The second-order valence-corrected chi connectivity index (χ2v) is 4.03. The number of alkyl halides is 6. The molecule has 0 fully saturated rings. The normalized spacial score (nSPS) is 12.0. The van der Waals surface area contributed by atoms with Crippen LogP contribution >= 0.6 is 11.6 Å². The van der Waals surface area contributed by atoms with Gasteiger partial charge in [-0.2, -0.15) is 26.3 Å². The number of anilines is 1. The molecule has 0 aliphatic heterocycles. The summed E-state index contributed by atoms with van der Waals surface area (Å²) in [7, 11) is 0. The molecule has 21 heavy (non-hydrogen) atoms. The van der Waals surface area contributed by atoms with E-state index in [1.807, 2.05) is 0 Å². The van der Waals surface area contributed by atoms with Gasteiger partial charge in [0.05, 0.1) is 11.3 Å². The van der Waals surface area contributed by atoms with E-state index in [0.717, 1.165) is 17.4 Å². The van der Waals surface area contributed by atoms with Crippen LogP contribution in [0.3, 0.4) is 0 Å². The smallest absolute Gasteiger partial charge is 0.307 e. The van der Waals surface area contributed by atoms with Crippen molar-refractivity contribution < 1.29 is 35.9 Å². The minimum Gasteiger partial charge on any atom is -0.307 e. The summed E-state index contributed by atoms with van der Waals surface area (Å²) in [5.74, 6) is -2.61. The number of carbonyl (C=O) groups is 2. The van der Waals surface area contributed by atoms with Gasteiger partial charge in [0.25, 0.3) is 0 Å². The Bertz CT molecular complexity index is 570. The van der Waals surface area contributed by atoms with Gasteiger partial charge in [-0.15, -0.1) is 0 Å². The summed E-state index contributed by atoms with van der Waals surface area (Å²) in [6.07, 6.45) is -10.2. The van der Waals surface area contributed by atoms with E-state index in [4.69, 9.17) is 11.6 Å². The molecule has 3 amide bonds. The van der Waals surface area contributed by atoms with Gasteiger partial charge in [-0.05, 0) is 18.2 Å². The minimum absolute atomic E-state index is 0.292. The third-order valence-electron chi connectivity index (χ3n) is 2.02. The molecule has 1 aromatic carbocycles. The minimum atomic E-state index is -5.34. The number of hydrogen-bond acceptors (Lipinski definition) is 2. The number of hydrogen-bond donors (Lipinski definition) is 2. The molecule has 0 unspecified atom stereocenters. The first-order valence-electron chi connectivity index (χ1n) is 4.97. The molecule has 1 aromatic rings. The van der Waals surface area contributed by atoms with E-state index in [-0.39, 0.29) is 5.02 Å². The number of nitrogens with one attached hydrogen (secondary N) is 2. The Hall–Kier alpha value is -1.97. The van der Waals surface area contributed by atoms with E-state index < -0.39 is 35.5 Å². The van der Waals surface area contributed by atoms with E-state index >= 15 is 0 Å². The Morgan fingerprint density at radius 1 is 1.05 bits per heavy atom. The van der Waals surface area contributed by atoms with E-state index in [9.17, 15) is 35.9 Å². The van der Waals surface area contributed by atoms with Crippen LogP contribution in [0.5, 0.6) is 0 Å². The van der Waals surface area contributed by atoms with Gasteiger partial charge in [0, 0.05) is 5.02 Å². The summed E-state index contributed by atoms with van der Waals surface area (Å²) in [6.45, 7) is 0. The summed E-state index contributed by atoms with van der Waals surface area (Å²) in [4.78, 5) is 21.6. The monoisotopic (exact) mass is 334 g/mol. The number of carbonyl (C=O) groups excluding carboxylic acids is 2. The first-order valence-corrected chi connectivity index (χ1v) is 5.35. The maximum absolute atomic E-state index is 12.7. The number of benzene rings is 1. The molecule has 1 rings (SSSR count). The fourth-order valence-electron chi connectivity index (χ4n) is 1.19. The fourth-order valence-corrected chi connectivity index (χ4v) is 1.36. The summed E-state index contributed by atoms with van der Waals surface area (Å²) in [6, 6.07) is 0.439. The van der Waals surface area contributed by atoms with Crippen molar-refractivity contribution in [3.63, 3.8) is 0 Å². The average molecular weight is 335 g/mol. The molecule has 0 saturated carbocycles. The molecule has 0 aromatic heterocycles. The first kappa shape index (κ1) is 17.1. The zero-order valence-corrected chi connectivity index (χ0v) is 10.5. The number of rotatable bonds is 1. The van der Waals surface area contributed by atoms with Gasteiger partial charge in [-0.1, -0.05) is 11.6 Å². The highest BCUT2D eigenvalue weighted by Gasteiger charge is 2.40. The Morgan fingerprint density at radius 3 is 2.10 bits per heavy atom. The van der Waals surface area contributed by atoms with Crippen molar-refractivity contribution >= 4 is 29.2 Å². The molecule has 116 valence electrons. The lowest BCUT2D eigenvalue weighted by atomic mass is 10.1. The number of urea groups is 1. The summed E-state index contributed by atoms with van der Waals surface area (Å²) in [5, 5.41) is 2.05. The molecule has 0 spiro atoms. The van der Waals surface area contributed by atoms with Gasteiger partial charge in [0.2, 0.25) is 0 Å². The van der Waals surface area contributed by atoms with Crippen molar-refractivity contribution in [2.45, 2.75) is 12.4 Å². The molecule has 0 aliphatic rings. The van der Waals surface area contributed by atoms with E-state index in [1.165, 1.54) is 5.32 Å². The molecule has 2 N–H and O–H groups in total. The van der Waals surface area contributed by atoms with Crippen molar-refractivity contribution in [3.8, 4) is 0 Å². The maximum atomic E-state index is 12.7. The SMILES string of the molecule is O=C(NC(=O)C(F)(F)F)Nc1ccc(Cl)cc1C(F)(F)F. The molecule has 0 bridgehead atoms. The number of imide groups is 1. The average Bonchev–Trinajstić information content (AvgIpc) is 2.28. The summed E-state index contributed by atoms with van der Waals surface area (Å²) >= 11 is 5.37. The Labute approximate surface area is 118 Å². The third kappa shape index (κ3) is 4.81. The Balaban J connectivity index is 2.94. The zero-order valence-electron chi connectivity index (χ0n) is 9.69. The lowest BCUT2D eigenvalue weighted by molar-refractivity contribution is -0.172. The van der Waals surface area contributed by atoms with Crippen LogP contribution in [0.15, 0.2) is 18.2 Å². The van der Waals surface area contributed by atoms with Crippen LogP contribution < -0.4 is 10.6 Å². The molecule has 0 atom stereocenters. The summed E-state index contributed by atoms with van der Waals surface area (Å²) < 4.78 is 73.6. The third-order valence-corrected chi connectivity index (χ3v) is 2.25. The van der Waals surface area contributed by atoms with Crippen LogP contribution in [-0.2, 0) is 11.0 Å². The van der Waals surface area contributed by atoms with Crippen LogP contribution in [0.2, 0.25) is 5.02 Å². The van der Waals surface area contributed by atoms with Gasteiger partial charge in [-0.25, -0.2) is 4.79 Å². The van der Waals surface area contributed by atoms with Crippen LogP contribution in [-0.4, -0.2) is 18.1 Å². The van der Waals surface area contributed by atoms with Crippen molar-refractivity contribution in [2.24, 2.45) is 0 Å². The van der Waals surface area contributed by atoms with Crippen LogP contribution in [0.25, 0.3) is 0 Å². The molecule has 11 heteroatoms. The molecule has 4 nitrogen and oxygen atoms in total. The van der Waals surface area contributed by atoms with Crippen LogP contribution in [0.4, 0.5) is 36.8 Å². The van der Waals surface area contributed by atoms with Gasteiger partial charge >= 0.3 is 24.3 Å². The maximum Gasteiger partial charge on any atom is 0.471 e. The van der Waals surface area contributed by atoms with Gasteiger partial charge < -0.3 is 5.32 Å². The quantitative estimate of drug-likeness (QED) is 0.771. The topological polar surface area (TPSA) is 58.2 Å². The number of halogens is 7. The van der Waals surface area contributed by atoms with Gasteiger partial charge in [0.1, 0.15) is 0 Å². The lowest BCUT2D eigenvalue weighted by Gasteiger charge is -2.14. The lowest BCUT2D eigenvalue weighted by Crippen LogP contribution is -2.42. The largest absolute Gasteiger partial charge is 0.471 e. The summed E-state index contributed by atoms with van der Waals surface area (Å²) in [5.41, 5.74) is -2.22. The molecule has 0 saturated heterocycles. The van der Waals surface area contributed by atoms with Crippen molar-refractivity contribution in [1.82, 2.24) is 5.32 Å². The van der Waals surface area contributed by atoms with Crippen molar-refractivity contribution in [3.05, 3.63) is 28.8 Å². The van der Waals surface area contributed by atoms with E-state index in [1.54, 1.807) is 0 Å². The molecular weight excluding hydrogens is 330 g/mol. The Morgan fingerprint density at radius 2 is 1.62 bits per heavy atom. The zero-order chi connectivity index (χ0) is 16.4. The first-order chi connectivity index (χ1) is 9.41. The molecule has 0 aliphatic carbocycles. The predicted molar refractivity (Wildman–Crippen MR) is 59.7 cm³/mol. The molecular formula is C10H5ClF6N2O2. The van der Waals surface area contributed by atoms with Crippen molar-refractivity contribution in [1.29, 1.82) is 0 Å². The van der Waals surface area contributed by atoms with E-state index in [0.29, 0.717) is 6.07 Å². The highest BCUT2D eigenvalue weighted by atomic mass is 35.5. The second-order valence-electron chi connectivity index (χ2n) is 3.59. The highest BCUT2D eigenvalue weighted by Crippen LogP contribution is 2.36. The standard InChI is InChI=1S/C10H5ClF6N2O2/c11-4-1-2-6(5(3-4)9(12,13)14)18-8(21)19-7(20)10(15,16)17/h1-3H,(H2,18,19,20,21). The second kappa shape index (κ2) is 5.80. The van der Waals surface area contributed by atoms with Crippen LogP contribution in [0.1, 0.15) is 5.56 Å². The molecule has 0 heterocycles. The highest BCUT2D eigenvalue weighted by molar-refractivity contribution is 6.30. The molecule has 0 radical (unpaired) electrons. The van der Waals surface area contributed by atoms with E-state index in [2.05, 4.69) is 0 Å². The van der Waals surface area contributed by atoms with Gasteiger partial charge in [0.15, 0.2) is 0 Å². The number of amides is 3. The predicted octanol–water partition coefficient (Wildman–Crippen LogP) is 3.57.